The van der Waals surface area contributed by atoms with Crippen molar-refractivity contribution in [2.75, 3.05) is 81.3 Å². The van der Waals surface area contributed by atoms with Crippen LogP contribution in [0.3, 0.4) is 0 Å². The molecule has 4 unspecified atom stereocenters. The van der Waals surface area contributed by atoms with Crippen molar-refractivity contribution in [3.63, 3.8) is 0 Å². The molecule has 12 rings (SSSR count). The molecule has 16 nitrogen and oxygen atoms in total. The third kappa shape index (κ3) is 33.0. The van der Waals surface area contributed by atoms with Gasteiger partial charge in [0.2, 0.25) is 0 Å². The van der Waals surface area contributed by atoms with E-state index in [9.17, 15) is 19.2 Å². The van der Waals surface area contributed by atoms with Gasteiger partial charge in [0.25, 0.3) is 0 Å². The molecule has 0 radical (unpaired) electrons. The third-order valence-electron chi connectivity index (χ3n) is 17.8. The van der Waals surface area contributed by atoms with Crippen LogP contribution in [0.2, 0.25) is 0 Å². The summed E-state index contributed by atoms with van der Waals surface area (Å²) in [7, 11) is 6.18. The second-order valence-corrected chi connectivity index (χ2v) is 26.3. The van der Waals surface area contributed by atoms with E-state index in [1.54, 1.807) is 28.4 Å². The second kappa shape index (κ2) is 53.6. The molecule has 614 valence electrons. The lowest BCUT2D eigenvalue weighted by Gasteiger charge is -2.29. The molecule has 119 heavy (non-hydrogen) atoms. The van der Waals surface area contributed by atoms with Crippen LogP contribution in [0.15, 0.2) is 390 Å². The molecule has 0 aliphatic rings. The Morgan fingerprint density at radius 2 is 0.378 bits per heavy atom. The van der Waals surface area contributed by atoms with E-state index < -0.39 is 48.3 Å². The Morgan fingerprint density at radius 3 is 0.529 bits per heavy atom. The minimum atomic E-state index is -0.491. The first kappa shape index (κ1) is 92.7. The fourth-order valence-corrected chi connectivity index (χ4v) is 12.1. The van der Waals surface area contributed by atoms with E-state index in [1.807, 2.05) is 170 Å². The summed E-state index contributed by atoms with van der Waals surface area (Å²) in [6.45, 7) is 15.4. The van der Waals surface area contributed by atoms with Crippen LogP contribution in [0.1, 0.15) is 41.5 Å². The number of hydrogen-bond acceptors (Lipinski definition) is 16. The van der Waals surface area contributed by atoms with E-state index in [-0.39, 0.29) is 72.1 Å². The smallest absolute Gasteiger partial charge is 0.330 e. The Labute approximate surface area is 701 Å². The summed E-state index contributed by atoms with van der Waals surface area (Å²) in [5.74, 6) is 1.40. The quantitative estimate of drug-likeness (QED) is 0.0204. The summed E-state index contributed by atoms with van der Waals surface area (Å²) in [4.78, 5) is 45.0. The van der Waals surface area contributed by atoms with Gasteiger partial charge in [0.15, 0.2) is 24.4 Å². The summed E-state index contributed by atoms with van der Waals surface area (Å²) in [5, 5.41) is 0. The Morgan fingerprint density at radius 1 is 0.227 bits per heavy atom. The van der Waals surface area contributed by atoms with E-state index in [1.165, 1.54) is 22.3 Å². The van der Waals surface area contributed by atoms with Gasteiger partial charge in [-0.1, -0.05) is 325 Å². The lowest BCUT2D eigenvalue weighted by atomic mass is 9.74. The summed E-state index contributed by atoms with van der Waals surface area (Å²) in [5.41, 5.74) is 14.4. The number of esters is 4. The number of carbonyl (C=O) groups is 4. The standard InChI is InChI=1S/C26H22.4C19H20O4.CH4/c1-5-13-21(14-6-1)25(22-15-7-2-8-16-22)26(23-17-9-3-10-18-23)24-19-11-4-12-20-24;4*1-3-19(20)23-18(13-21-2)14-22-17-11-9-16(10-12-17)15-7-5-4-6-8-15;/h1-20,25-26H;4*3-12,18H,1,13-14H2,2H3;1H4. The van der Waals surface area contributed by atoms with Crippen molar-refractivity contribution in [3.8, 4) is 67.5 Å². The van der Waals surface area contributed by atoms with Gasteiger partial charge in [0.1, 0.15) is 49.4 Å². The van der Waals surface area contributed by atoms with Crippen molar-refractivity contribution in [1.82, 2.24) is 0 Å². The van der Waals surface area contributed by atoms with Crippen molar-refractivity contribution >= 4 is 23.9 Å². The minimum Gasteiger partial charge on any atom is -0.490 e. The van der Waals surface area contributed by atoms with Crippen LogP contribution in [-0.2, 0) is 57.1 Å². The molecule has 0 saturated carbocycles. The number of rotatable bonds is 37. The SMILES string of the molecule is C.C=CC(=O)OC(COC)COc1ccc(-c2ccccc2)cc1.C=CC(=O)OC(COC)COc1ccc(-c2ccccc2)cc1.C=CC(=O)OC(COC)COc1ccc(-c2ccccc2)cc1.C=CC(=O)OC(COC)COc1ccc(-c2ccccc2)cc1.c1ccc(C(c2ccccc2)C(c2ccccc2)c2ccccc2)cc1. The number of benzene rings is 12. The maximum Gasteiger partial charge on any atom is 0.330 e. The monoisotopic (exact) mass is 1600 g/mol. The molecule has 0 saturated heterocycles. The maximum absolute atomic E-state index is 11.3. The largest absolute Gasteiger partial charge is 0.490 e. The Hall–Kier alpha value is -13.5. The van der Waals surface area contributed by atoms with Crippen LogP contribution in [0.5, 0.6) is 23.0 Å². The Bertz CT molecular complexity index is 4210. The van der Waals surface area contributed by atoms with Gasteiger partial charge in [-0.2, -0.15) is 0 Å². The molecule has 0 aliphatic heterocycles. The predicted molar refractivity (Wildman–Crippen MR) is 473 cm³/mol. The predicted octanol–water partition coefficient (Wildman–Crippen LogP) is 21.2. The molecular weight excluding hydrogens is 1490 g/mol. The van der Waals surface area contributed by atoms with Crippen LogP contribution < -0.4 is 18.9 Å². The molecule has 4 atom stereocenters. The van der Waals surface area contributed by atoms with Gasteiger partial charge >= 0.3 is 23.9 Å². The zero-order valence-electron chi connectivity index (χ0n) is 67.1. The first-order valence-electron chi connectivity index (χ1n) is 38.4. The average Bonchev–Trinajstić information content (AvgIpc) is 0.786. The van der Waals surface area contributed by atoms with Gasteiger partial charge in [-0.25, -0.2) is 19.2 Å². The van der Waals surface area contributed by atoms with Crippen molar-refractivity contribution in [2.45, 2.75) is 43.7 Å². The van der Waals surface area contributed by atoms with Gasteiger partial charge < -0.3 is 56.8 Å². The Kier molecular flexibility index (Phi) is 41.8. The van der Waals surface area contributed by atoms with E-state index in [0.717, 1.165) is 68.8 Å². The molecule has 0 N–H and O–H groups in total. The molecule has 0 spiro atoms. The minimum absolute atomic E-state index is 0. The highest BCUT2D eigenvalue weighted by atomic mass is 16.6. The van der Waals surface area contributed by atoms with Crippen molar-refractivity contribution in [1.29, 1.82) is 0 Å². The lowest BCUT2D eigenvalue weighted by Crippen LogP contribution is -2.28. The van der Waals surface area contributed by atoms with Gasteiger partial charge in [0.05, 0.1) is 26.4 Å². The second-order valence-electron chi connectivity index (χ2n) is 26.3. The number of ether oxygens (including phenoxy) is 12. The van der Waals surface area contributed by atoms with E-state index in [4.69, 9.17) is 56.8 Å². The van der Waals surface area contributed by atoms with E-state index in [0.29, 0.717) is 23.0 Å². The summed E-state index contributed by atoms with van der Waals surface area (Å²) in [6, 6.07) is 115. The van der Waals surface area contributed by atoms with Crippen LogP contribution in [0.4, 0.5) is 0 Å². The molecule has 0 amide bonds. The molecule has 0 aromatic heterocycles. The molecule has 16 heteroatoms. The highest BCUT2D eigenvalue weighted by Crippen LogP contribution is 2.43. The molecule has 12 aromatic carbocycles. The zero-order chi connectivity index (χ0) is 83.6. The van der Waals surface area contributed by atoms with Gasteiger partial charge in [0, 0.05) is 64.6 Å². The van der Waals surface area contributed by atoms with Crippen molar-refractivity contribution < 1.29 is 76.0 Å². The van der Waals surface area contributed by atoms with E-state index >= 15 is 0 Å². The highest BCUT2D eigenvalue weighted by molar-refractivity contribution is 5.82. The normalized spacial score (nSPS) is 11.3. The summed E-state index contributed by atoms with van der Waals surface area (Å²) < 4.78 is 63.3. The van der Waals surface area contributed by atoms with Crippen LogP contribution >= 0.6 is 0 Å². The maximum atomic E-state index is 11.3. The molecule has 0 bridgehead atoms. The molecule has 12 aromatic rings. The first-order valence-corrected chi connectivity index (χ1v) is 38.4. The van der Waals surface area contributed by atoms with Gasteiger partial charge in [-0.3, -0.25) is 0 Å². The topological polar surface area (TPSA) is 179 Å². The number of methoxy groups -OCH3 is 4. The van der Waals surface area contributed by atoms with Gasteiger partial charge in [-0.15, -0.1) is 0 Å². The highest BCUT2D eigenvalue weighted by Gasteiger charge is 2.28. The van der Waals surface area contributed by atoms with Gasteiger partial charge in [-0.05, 0) is 115 Å². The average molecular weight is 1600 g/mol. The zero-order valence-corrected chi connectivity index (χ0v) is 67.1. The van der Waals surface area contributed by atoms with Crippen molar-refractivity contribution in [2.24, 2.45) is 0 Å². The van der Waals surface area contributed by atoms with Crippen LogP contribution in [0.25, 0.3) is 44.5 Å². The summed E-state index contributed by atoms with van der Waals surface area (Å²) >= 11 is 0. The molecular formula is C103H106O16. The number of hydrogen-bond donors (Lipinski definition) is 0. The van der Waals surface area contributed by atoms with Crippen LogP contribution in [-0.4, -0.2) is 130 Å². The lowest BCUT2D eigenvalue weighted by molar-refractivity contribution is -0.148. The third-order valence-corrected chi connectivity index (χ3v) is 17.8. The fraction of sp³-hybridized carbons (Fsp3) is 0.184. The summed E-state index contributed by atoms with van der Waals surface area (Å²) in [6.07, 6.45) is 2.60. The Balaban J connectivity index is 0.000000205. The van der Waals surface area contributed by atoms with E-state index in [2.05, 4.69) is 196 Å². The molecule has 0 heterocycles. The first-order chi connectivity index (χ1) is 57.8. The number of carbonyl (C=O) groups excluding carboxylic acids is 4. The van der Waals surface area contributed by atoms with Crippen LogP contribution in [0, 0.1) is 0 Å². The fourth-order valence-electron chi connectivity index (χ4n) is 12.1. The molecule has 0 aliphatic carbocycles. The molecule has 0 fully saturated rings. The van der Waals surface area contributed by atoms with Crippen molar-refractivity contribution in [3.05, 3.63) is 413 Å².